The number of benzene rings is 6. The smallest absolute Gasteiger partial charge is 0.164 e. The van der Waals surface area contributed by atoms with Gasteiger partial charge in [-0.2, -0.15) is 0 Å². The molecule has 0 bridgehead atoms. The van der Waals surface area contributed by atoms with Crippen LogP contribution < -0.4 is 0 Å². The first kappa shape index (κ1) is 26.5. The van der Waals surface area contributed by atoms with Crippen LogP contribution in [0.4, 0.5) is 0 Å². The van der Waals surface area contributed by atoms with E-state index in [1.165, 1.54) is 0 Å². The van der Waals surface area contributed by atoms with E-state index in [2.05, 4.69) is 65.2 Å². The van der Waals surface area contributed by atoms with E-state index in [0.29, 0.717) is 17.5 Å². The molecule has 224 valence electrons. The number of nitrogens with zero attached hydrogens (tertiary/aromatic N) is 5. The Hall–Kier alpha value is -6.66. The molecule has 0 unspecified atom stereocenters. The molecule has 6 nitrogen and oxygen atoms in total. The molecule has 10 rings (SSSR count). The first-order chi connectivity index (χ1) is 23.8. The van der Waals surface area contributed by atoms with Crippen molar-refractivity contribution in [2.45, 2.75) is 0 Å². The van der Waals surface area contributed by atoms with E-state index in [0.717, 1.165) is 77.2 Å². The molecule has 4 heterocycles. The number of hydrogen-bond donors (Lipinski definition) is 0. The molecule has 0 radical (unpaired) electrons. The molecule has 4 aromatic heterocycles. The Kier molecular flexibility index (Phi) is 5.77. The molecule has 6 aromatic carbocycles. The second-order valence-corrected chi connectivity index (χ2v) is 11.9. The predicted octanol–water partition coefficient (Wildman–Crippen LogP) is 10.4. The normalized spacial score (nSPS) is 11.8. The van der Waals surface area contributed by atoms with Gasteiger partial charge in [-0.1, -0.05) is 115 Å². The van der Waals surface area contributed by atoms with Crippen molar-refractivity contribution in [2.75, 3.05) is 0 Å². The highest BCUT2D eigenvalue weighted by Gasteiger charge is 2.20. The zero-order valence-electron chi connectivity index (χ0n) is 25.6. The van der Waals surface area contributed by atoms with Crippen LogP contribution >= 0.6 is 0 Å². The summed E-state index contributed by atoms with van der Waals surface area (Å²) in [6.07, 6.45) is 2.07. The van der Waals surface area contributed by atoms with Crippen molar-refractivity contribution >= 4 is 49.4 Å². The van der Waals surface area contributed by atoms with Crippen molar-refractivity contribution in [3.05, 3.63) is 152 Å². The largest absolute Gasteiger partial charge is 0.455 e. The number of para-hydroxylation sites is 2. The van der Waals surface area contributed by atoms with Crippen LogP contribution in [0, 0.1) is 0 Å². The maximum atomic E-state index is 6.56. The summed E-state index contributed by atoms with van der Waals surface area (Å²) in [7, 11) is 0. The maximum absolute atomic E-state index is 6.56. The summed E-state index contributed by atoms with van der Waals surface area (Å²) in [6, 6.07) is 49.5. The van der Waals surface area contributed by atoms with Crippen molar-refractivity contribution in [1.82, 2.24) is 24.3 Å². The van der Waals surface area contributed by atoms with Gasteiger partial charge in [-0.3, -0.25) is 4.40 Å². The van der Waals surface area contributed by atoms with E-state index >= 15 is 0 Å². The van der Waals surface area contributed by atoms with Gasteiger partial charge >= 0.3 is 0 Å². The van der Waals surface area contributed by atoms with Crippen molar-refractivity contribution < 1.29 is 4.42 Å². The third-order valence-electron chi connectivity index (χ3n) is 9.06. The van der Waals surface area contributed by atoms with Crippen LogP contribution in [-0.2, 0) is 0 Å². The number of hydrogen-bond acceptors (Lipinski definition) is 5. The van der Waals surface area contributed by atoms with Crippen LogP contribution in [0.2, 0.25) is 0 Å². The zero-order chi connectivity index (χ0) is 31.6. The first-order valence-corrected chi connectivity index (χ1v) is 15.9. The minimum atomic E-state index is 0.604. The van der Waals surface area contributed by atoms with Crippen LogP contribution in [0.1, 0.15) is 0 Å². The third-order valence-corrected chi connectivity index (χ3v) is 9.06. The molecule has 0 aliphatic carbocycles. The Balaban J connectivity index is 1.28. The fourth-order valence-electron chi connectivity index (χ4n) is 6.80. The summed E-state index contributed by atoms with van der Waals surface area (Å²) in [6.45, 7) is 0. The molecule has 0 saturated heterocycles. The van der Waals surface area contributed by atoms with Crippen molar-refractivity contribution in [1.29, 1.82) is 0 Å². The quantitative estimate of drug-likeness (QED) is 0.197. The van der Waals surface area contributed by atoms with E-state index in [1.807, 2.05) is 91.0 Å². The number of furan rings is 1. The molecule has 0 atom stereocenters. The van der Waals surface area contributed by atoms with Gasteiger partial charge in [0.25, 0.3) is 0 Å². The fraction of sp³-hybridized carbons (Fsp3) is 0. The van der Waals surface area contributed by atoms with Gasteiger partial charge in [0.1, 0.15) is 16.8 Å². The third kappa shape index (κ3) is 4.13. The Labute approximate surface area is 274 Å². The molecule has 10 aromatic rings. The van der Waals surface area contributed by atoms with Crippen LogP contribution in [0.5, 0.6) is 0 Å². The lowest BCUT2D eigenvalue weighted by atomic mass is 9.94. The van der Waals surface area contributed by atoms with Crippen LogP contribution in [0.3, 0.4) is 0 Å². The maximum Gasteiger partial charge on any atom is 0.164 e. The Morgan fingerprint density at radius 1 is 0.438 bits per heavy atom. The highest BCUT2D eigenvalue weighted by Crippen LogP contribution is 2.42. The van der Waals surface area contributed by atoms with Gasteiger partial charge in [0, 0.05) is 44.6 Å². The molecular weight excluding hydrogens is 590 g/mol. The molecule has 0 aliphatic heterocycles. The number of pyridine rings is 1. The summed E-state index contributed by atoms with van der Waals surface area (Å²) < 4.78 is 8.70. The molecule has 0 saturated carbocycles. The molecule has 0 spiro atoms. The summed E-state index contributed by atoms with van der Waals surface area (Å²) in [5.41, 5.74) is 9.42. The van der Waals surface area contributed by atoms with Gasteiger partial charge < -0.3 is 4.42 Å². The number of aromatic nitrogens is 5. The minimum absolute atomic E-state index is 0.604. The first-order valence-electron chi connectivity index (χ1n) is 15.9. The van der Waals surface area contributed by atoms with E-state index in [-0.39, 0.29) is 0 Å². The van der Waals surface area contributed by atoms with Gasteiger partial charge in [-0.15, -0.1) is 0 Å². The lowest BCUT2D eigenvalue weighted by Gasteiger charge is -2.12. The van der Waals surface area contributed by atoms with E-state index in [1.54, 1.807) is 0 Å². The summed E-state index contributed by atoms with van der Waals surface area (Å²) in [5.74, 6) is 1.86. The van der Waals surface area contributed by atoms with E-state index in [4.69, 9.17) is 24.4 Å². The van der Waals surface area contributed by atoms with Crippen LogP contribution in [0.25, 0.3) is 94.7 Å². The average Bonchev–Trinajstić information content (AvgIpc) is 3.74. The Bertz CT molecular complexity index is 2780. The SMILES string of the molecule is c1ccc(-c2nc(-c3ccccc3)nc(-c3ccc4c(c3)c(-c3cccc5c3oc3ccccc35)cc3c4nc4ccccn43)n2)cc1. The molecule has 0 N–H and O–H groups in total. The highest BCUT2D eigenvalue weighted by atomic mass is 16.3. The Morgan fingerprint density at radius 3 is 1.88 bits per heavy atom. The van der Waals surface area contributed by atoms with E-state index < -0.39 is 0 Å². The topological polar surface area (TPSA) is 69.1 Å². The molecule has 0 amide bonds. The summed E-state index contributed by atoms with van der Waals surface area (Å²) >= 11 is 0. The molecular formula is C42H25N5O. The highest BCUT2D eigenvalue weighted by molar-refractivity contribution is 6.17. The standard InChI is InChI=1S/C42H25N5O/c1-3-12-26(13-4-1)40-44-41(27-14-5-2-6-15-27)46-42(45-40)28-21-22-30-33(24-28)34(25-35-38(30)43-37-20-9-10-23-47(35)37)32-18-11-17-31-29-16-7-8-19-36(29)48-39(31)32/h1-25H. The van der Waals surface area contributed by atoms with Gasteiger partial charge in [0.15, 0.2) is 17.5 Å². The fourth-order valence-corrected chi connectivity index (χ4v) is 6.80. The van der Waals surface area contributed by atoms with Crippen molar-refractivity contribution in [3.8, 4) is 45.3 Å². The van der Waals surface area contributed by atoms with Gasteiger partial charge in [0.2, 0.25) is 0 Å². The van der Waals surface area contributed by atoms with Crippen molar-refractivity contribution in [2.24, 2.45) is 0 Å². The lowest BCUT2D eigenvalue weighted by molar-refractivity contribution is 0.670. The predicted molar refractivity (Wildman–Crippen MR) is 193 cm³/mol. The average molecular weight is 616 g/mol. The molecule has 0 fully saturated rings. The Morgan fingerprint density at radius 2 is 1.10 bits per heavy atom. The van der Waals surface area contributed by atoms with Crippen molar-refractivity contribution in [3.63, 3.8) is 0 Å². The number of imidazole rings is 1. The molecule has 0 aliphatic rings. The number of rotatable bonds is 4. The van der Waals surface area contributed by atoms with Gasteiger partial charge in [0.05, 0.1) is 11.0 Å². The number of fused-ring (bicyclic) bond motifs is 8. The van der Waals surface area contributed by atoms with Gasteiger partial charge in [-0.25, -0.2) is 19.9 Å². The van der Waals surface area contributed by atoms with Gasteiger partial charge in [-0.05, 0) is 41.3 Å². The second-order valence-electron chi connectivity index (χ2n) is 11.9. The zero-order valence-corrected chi connectivity index (χ0v) is 25.6. The summed E-state index contributed by atoms with van der Waals surface area (Å²) in [4.78, 5) is 20.0. The van der Waals surface area contributed by atoms with E-state index in [9.17, 15) is 0 Å². The molecule has 48 heavy (non-hydrogen) atoms. The second kappa shape index (κ2) is 10.4. The van der Waals surface area contributed by atoms with Crippen LogP contribution in [-0.4, -0.2) is 24.3 Å². The monoisotopic (exact) mass is 615 g/mol. The minimum Gasteiger partial charge on any atom is -0.455 e. The molecule has 6 heteroatoms. The van der Waals surface area contributed by atoms with Crippen LogP contribution in [0.15, 0.2) is 156 Å². The lowest BCUT2D eigenvalue weighted by Crippen LogP contribution is -2.00. The summed E-state index contributed by atoms with van der Waals surface area (Å²) in [5, 5.41) is 4.27.